The Morgan fingerprint density at radius 1 is 1.12 bits per heavy atom. The van der Waals surface area contributed by atoms with Gasteiger partial charge in [0.2, 0.25) is 0 Å². The fourth-order valence-corrected chi connectivity index (χ4v) is 3.72. The van der Waals surface area contributed by atoms with Gasteiger partial charge in [0.05, 0.1) is 6.26 Å². The second-order valence-electron chi connectivity index (χ2n) is 7.07. The minimum atomic E-state index is -0.171. The summed E-state index contributed by atoms with van der Waals surface area (Å²) >= 11 is 0. The topological polar surface area (TPSA) is 45.5 Å². The molecule has 1 aromatic carbocycles. The molecule has 1 aromatic heterocycles. The Balaban J connectivity index is 1.63. The molecule has 0 bridgehead atoms. The molecule has 1 aliphatic rings. The van der Waals surface area contributed by atoms with Gasteiger partial charge in [0.1, 0.15) is 0 Å². The highest BCUT2D eigenvalue weighted by atomic mass is 16.3. The number of piperidine rings is 1. The molecule has 3 rings (SSSR count). The first kappa shape index (κ1) is 16.8. The molecule has 4 heteroatoms. The number of hydrogen-bond acceptors (Lipinski definition) is 3. The molecule has 1 aliphatic heterocycles. The number of nitrogens with zero attached hydrogens (tertiary/aromatic N) is 1. The minimum Gasteiger partial charge on any atom is -0.459 e. The lowest BCUT2D eigenvalue weighted by Gasteiger charge is -2.35. The molecule has 0 saturated carbocycles. The van der Waals surface area contributed by atoms with Crippen LogP contribution in [-0.2, 0) is 13.1 Å². The van der Waals surface area contributed by atoms with E-state index in [9.17, 15) is 4.79 Å². The lowest BCUT2D eigenvalue weighted by molar-refractivity contribution is 0.0923. The van der Waals surface area contributed by atoms with E-state index < -0.39 is 0 Å². The smallest absolute Gasteiger partial charge is 0.287 e. The Morgan fingerprint density at radius 3 is 2.50 bits per heavy atom. The summed E-state index contributed by atoms with van der Waals surface area (Å²) in [6, 6.07) is 11.8. The van der Waals surface area contributed by atoms with Gasteiger partial charge in [-0.05, 0) is 41.5 Å². The van der Waals surface area contributed by atoms with Crippen LogP contribution < -0.4 is 5.32 Å². The number of carbonyl (C=O) groups is 1. The van der Waals surface area contributed by atoms with Gasteiger partial charge in [0.25, 0.3) is 5.91 Å². The van der Waals surface area contributed by atoms with E-state index >= 15 is 0 Å². The monoisotopic (exact) mass is 326 g/mol. The number of hydrogen-bond donors (Lipinski definition) is 1. The van der Waals surface area contributed by atoms with Gasteiger partial charge in [-0.1, -0.05) is 38.1 Å². The molecule has 0 unspecified atom stereocenters. The Hall–Kier alpha value is -2.07. The third-order valence-electron chi connectivity index (χ3n) is 4.64. The molecule has 4 nitrogen and oxygen atoms in total. The van der Waals surface area contributed by atoms with E-state index in [0.717, 1.165) is 31.5 Å². The molecule has 1 N–H and O–H groups in total. The van der Waals surface area contributed by atoms with Gasteiger partial charge in [-0.25, -0.2) is 0 Å². The van der Waals surface area contributed by atoms with Crippen molar-refractivity contribution in [3.05, 3.63) is 59.5 Å². The second kappa shape index (κ2) is 7.67. The van der Waals surface area contributed by atoms with Crippen LogP contribution in [0.5, 0.6) is 0 Å². The number of amides is 1. The van der Waals surface area contributed by atoms with E-state index in [-0.39, 0.29) is 5.91 Å². The summed E-state index contributed by atoms with van der Waals surface area (Å²) in [5.74, 6) is 1.68. The van der Waals surface area contributed by atoms with Crippen molar-refractivity contribution in [1.29, 1.82) is 0 Å². The molecule has 1 amide bonds. The van der Waals surface area contributed by atoms with Crippen LogP contribution in [0.4, 0.5) is 0 Å². The van der Waals surface area contributed by atoms with Crippen molar-refractivity contribution >= 4 is 5.91 Å². The summed E-state index contributed by atoms with van der Waals surface area (Å²) in [5, 5.41) is 2.95. The average molecular weight is 326 g/mol. The van der Waals surface area contributed by atoms with Crippen molar-refractivity contribution in [2.75, 3.05) is 13.1 Å². The second-order valence-corrected chi connectivity index (χ2v) is 7.07. The van der Waals surface area contributed by atoms with Crippen molar-refractivity contribution in [1.82, 2.24) is 10.2 Å². The fraction of sp³-hybridized carbons (Fsp3) is 0.450. The van der Waals surface area contributed by atoms with E-state index in [1.54, 1.807) is 12.1 Å². The Bertz CT molecular complexity index is 656. The van der Waals surface area contributed by atoms with Crippen LogP contribution >= 0.6 is 0 Å². The molecule has 2 heterocycles. The van der Waals surface area contributed by atoms with E-state index in [1.807, 2.05) is 6.07 Å². The summed E-state index contributed by atoms with van der Waals surface area (Å²) in [7, 11) is 0. The Morgan fingerprint density at radius 2 is 1.83 bits per heavy atom. The molecule has 2 aromatic rings. The van der Waals surface area contributed by atoms with Gasteiger partial charge in [-0.2, -0.15) is 0 Å². The van der Waals surface area contributed by atoms with E-state index in [0.29, 0.717) is 12.3 Å². The predicted molar refractivity (Wildman–Crippen MR) is 94.5 cm³/mol. The van der Waals surface area contributed by atoms with Crippen LogP contribution in [0.1, 0.15) is 41.9 Å². The van der Waals surface area contributed by atoms with Crippen molar-refractivity contribution < 1.29 is 9.21 Å². The number of carbonyl (C=O) groups excluding carboxylic acids is 1. The van der Waals surface area contributed by atoms with Crippen LogP contribution in [0.25, 0.3) is 0 Å². The van der Waals surface area contributed by atoms with Gasteiger partial charge >= 0.3 is 0 Å². The van der Waals surface area contributed by atoms with Crippen molar-refractivity contribution in [2.24, 2.45) is 11.8 Å². The lowest BCUT2D eigenvalue weighted by atomic mass is 9.91. The van der Waals surface area contributed by atoms with Gasteiger partial charge in [-0.15, -0.1) is 0 Å². The van der Waals surface area contributed by atoms with Crippen LogP contribution in [0.3, 0.4) is 0 Å². The number of likely N-dealkylation sites (tertiary alicyclic amines) is 1. The van der Waals surface area contributed by atoms with Gasteiger partial charge < -0.3 is 9.73 Å². The van der Waals surface area contributed by atoms with E-state index in [4.69, 9.17) is 4.42 Å². The summed E-state index contributed by atoms with van der Waals surface area (Å²) in [5.41, 5.74) is 2.46. The quantitative estimate of drug-likeness (QED) is 0.911. The molecule has 128 valence electrons. The normalized spacial score (nSPS) is 21.6. The molecular weight excluding hydrogens is 300 g/mol. The lowest BCUT2D eigenvalue weighted by Crippen LogP contribution is -2.38. The molecule has 0 aliphatic carbocycles. The van der Waals surface area contributed by atoms with Crippen LogP contribution in [0.15, 0.2) is 47.1 Å². The maximum atomic E-state index is 12.1. The molecule has 0 spiro atoms. The maximum Gasteiger partial charge on any atom is 0.287 e. The highest BCUT2D eigenvalue weighted by Crippen LogP contribution is 2.23. The molecule has 24 heavy (non-hydrogen) atoms. The standard InChI is InChI=1S/C20H26N2O2/c1-15-10-16(2)13-22(12-15)14-18-7-4-3-6-17(18)11-21-20(23)19-8-5-9-24-19/h3-9,15-16H,10-14H2,1-2H3,(H,21,23)/t15-,16-/m0/s1. The molecule has 0 radical (unpaired) electrons. The Labute approximate surface area is 143 Å². The molecule has 1 saturated heterocycles. The third-order valence-corrected chi connectivity index (χ3v) is 4.64. The third kappa shape index (κ3) is 4.26. The number of rotatable bonds is 5. The first-order valence-corrected chi connectivity index (χ1v) is 8.72. The highest BCUT2D eigenvalue weighted by Gasteiger charge is 2.22. The molecule has 1 fully saturated rings. The van der Waals surface area contributed by atoms with Gasteiger partial charge in [0.15, 0.2) is 5.76 Å². The maximum absolute atomic E-state index is 12.1. The highest BCUT2D eigenvalue weighted by molar-refractivity contribution is 5.91. The molecule has 2 atom stereocenters. The summed E-state index contributed by atoms with van der Waals surface area (Å²) in [4.78, 5) is 14.6. The van der Waals surface area contributed by atoms with E-state index in [2.05, 4.69) is 42.3 Å². The average Bonchev–Trinajstić information content (AvgIpc) is 3.07. The van der Waals surface area contributed by atoms with Crippen molar-refractivity contribution in [3.63, 3.8) is 0 Å². The number of benzene rings is 1. The number of nitrogens with one attached hydrogen (secondary N) is 1. The summed E-state index contributed by atoms with van der Waals surface area (Å²) in [6.45, 7) is 8.43. The largest absolute Gasteiger partial charge is 0.459 e. The summed E-state index contributed by atoms with van der Waals surface area (Å²) in [6.07, 6.45) is 2.83. The van der Waals surface area contributed by atoms with E-state index in [1.165, 1.54) is 23.8 Å². The van der Waals surface area contributed by atoms with Gasteiger partial charge in [0, 0.05) is 26.2 Å². The van der Waals surface area contributed by atoms with Crippen molar-refractivity contribution in [2.45, 2.75) is 33.4 Å². The number of furan rings is 1. The van der Waals surface area contributed by atoms with Crippen LogP contribution in [0, 0.1) is 11.8 Å². The first-order valence-electron chi connectivity index (χ1n) is 8.72. The van der Waals surface area contributed by atoms with Crippen molar-refractivity contribution in [3.8, 4) is 0 Å². The Kier molecular flexibility index (Phi) is 5.36. The SMILES string of the molecule is C[C@H]1C[C@H](C)CN(Cc2ccccc2CNC(=O)c2ccco2)C1. The predicted octanol–water partition coefficient (Wildman–Crippen LogP) is 3.69. The molecular formula is C20H26N2O2. The first-order chi connectivity index (χ1) is 11.6. The summed E-state index contributed by atoms with van der Waals surface area (Å²) < 4.78 is 5.14. The zero-order chi connectivity index (χ0) is 16.9. The zero-order valence-electron chi connectivity index (χ0n) is 14.5. The fourth-order valence-electron chi connectivity index (χ4n) is 3.72. The van der Waals surface area contributed by atoms with Gasteiger partial charge in [-0.3, -0.25) is 9.69 Å². The zero-order valence-corrected chi connectivity index (χ0v) is 14.5. The minimum absolute atomic E-state index is 0.171. The van der Waals surface area contributed by atoms with Crippen LogP contribution in [0.2, 0.25) is 0 Å². The van der Waals surface area contributed by atoms with Crippen LogP contribution in [-0.4, -0.2) is 23.9 Å².